The van der Waals surface area contributed by atoms with Crippen molar-refractivity contribution in [2.75, 3.05) is 19.0 Å². The topological polar surface area (TPSA) is 106 Å². The molecule has 1 atom stereocenters. The van der Waals surface area contributed by atoms with E-state index in [1.165, 1.54) is 24.7 Å². The molecule has 31 heavy (non-hydrogen) atoms. The van der Waals surface area contributed by atoms with Crippen LogP contribution in [0.25, 0.3) is 0 Å². The number of hydrogen-bond donors (Lipinski definition) is 2. The van der Waals surface area contributed by atoms with Gasteiger partial charge in [-0.25, -0.2) is 10.2 Å². The van der Waals surface area contributed by atoms with Crippen LogP contribution in [-0.4, -0.2) is 37.7 Å². The predicted octanol–water partition coefficient (Wildman–Crippen LogP) is 3.15. The minimum atomic E-state index is -0.944. The Morgan fingerprint density at radius 2 is 2.03 bits per heavy atom. The molecular formula is C22H25N3O5S. The number of nitrogens with one attached hydrogen (secondary N) is 2. The minimum Gasteiger partial charge on any atom is -0.496 e. The van der Waals surface area contributed by atoms with Crippen molar-refractivity contribution in [3.63, 3.8) is 0 Å². The normalized spacial score (nSPS) is 15.3. The molecule has 0 spiro atoms. The number of esters is 1. The van der Waals surface area contributed by atoms with Crippen molar-refractivity contribution >= 4 is 40.3 Å². The highest BCUT2D eigenvalue weighted by atomic mass is 32.1. The highest BCUT2D eigenvalue weighted by Crippen LogP contribution is 2.40. The van der Waals surface area contributed by atoms with Crippen molar-refractivity contribution in [1.82, 2.24) is 5.43 Å². The summed E-state index contributed by atoms with van der Waals surface area (Å²) in [5.74, 6) is -1.26. The highest BCUT2D eigenvalue weighted by Gasteiger charge is 2.30. The molecule has 0 fully saturated rings. The monoisotopic (exact) mass is 443 g/mol. The molecule has 9 heteroatoms. The molecule has 0 saturated carbocycles. The molecule has 0 bridgehead atoms. The van der Waals surface area contributed by atoms with Crippen LogP contribution in [0, 0.1) is 5.92 Å². The van der Waals surface area contributed by atoms with E-state index < -0.39 is 17.8 Å². The summed E-state index contributed by atoms with van der Waals surface area (Å²) in [5, 5.41) is 6.72. The van der Waals surface area contributed by atoms with Gasteiger partial charge in [-0.3, -0.25) is 9.59 Å². The molecule has 0 aliphatic heterocycles. The van der Waals surface area contributed by atoms with E-state index in [0.717, 1.165) is 29.7 Å². The second-order valence-corrected chi connectivity index (χ2v) is 8.28. The van der Waals surface area contributed by atoms with E-state index in [0.29, 0.717) is 27.8 Å². The van der Waals surface area contributed by atoms with Gasteiger partial charge in [0.2, 0.25) is 0 Å². The van der Waals surface area contributed by atoms with Gasteiger partial charge in [0.05, 0.1) is 25.5 Å². The smallest absolute Gasteiger partial charge is 0.341 e. The van der Waals surface area contributed by atoms with Crippen LogP contribution in [0.5, 0.6) is 5.75 Å². The molecule has 3 rings (SSSR count). The summed E-state index contributed by atoms with van der Waals surface area (Å²) >= 11 is 1.32. The number of hydrogen-bond acceptors (Lipinski definition) is 7. The number of fused-ring (bicyclic) bond motifs is 1. The van der Waals surface area contributed by atoms with Gasteiger partial charge in [0.1, 0.15) is 10.8 Å². The van der Waals surface area contributed by atoms with Crippen molar-refractivity contribution in [3.05, 3.63) is 45.8 Å². The Kier molecular flexibility index (Phi) is 7.41. The van der Waals surface area contributed by atoms with Crippen LogP contribution in [0.3, 0.4) is 0 Å². The van der Waals surface area contributed by atoms with Gasteiger partial charge in [-0.15, -0.1) is 11.3 Å². The number of nitrogens with zero attached hydrogens (tertiary/aromatic N) is 1. The van der Waals surface area contributed by atoms with Gasteiger partial charge in [0, 0.05) is 10.4 Å². The van der Waals surface area contributed by atoms with Crippen LogP contribution in [-0.2, 0) is 27.2 Å². The number of carbonyl (C=O) groups excluding carboxylic acids is 3. The maximum atomic E-state index is 12.5. The first-order valence-electron chi connectivity index (χ1n) is 10.0. The lowest BCUT2D eigenvalue weighted by Gasteiger charge is -2.18. The average Bonchev–Trinajstić information content (AvgIpc) is 3.10. The Labute approximate surface area is 184 Å². The van der Waals surface area contributed by atoms with E-state index in [1.54, 1.807) is 25.1 Å². The van der Waals surface area contributed by atoms with E-state index in [2.05, 4.69) is 22.8 Å². The van der Waals surface area contributed by atoms with E-state index >= 15 is 0 Å². The van der Waals surface area contributed by atoms with Gasteiger partial charge in [0.25, 0.3) is 0 Å². The minimum absolute atomic E-state index is 0.228. The average molecular weight is 444 g/mol. The molecule has 2 N–H and O–H groups in total. The van der Waals surface area contributed by atoms with Crippen molar-refractivity contribution in [1.29, 1.82) is 0 Å². The maximum absolute atomic E-state index is 12.5. The molecule has 2 aromatic rings. The van der Waals surface area contributed by atoms with Crippen LogP contribution in [0.1, 0.15) is 46.6 Å². The van der Waals surface area contributed by atoms with Crippen LogP contribution >= 0.6 is 11.3 Å². The van der Waals surface area contributed by atoms with E-state index in [-0.39, 0.29) is 6.61 Å². The van der Waals surface area contributed by atoms with Gasteiger partial charge >= 0.3 is 17.8 Å². The summed E-state index contributed by atoms with van der Waals surface area (Å²) in [6, 6.07) is 7.13. The van der Waals surface area contributed by atoms with Gasteiger partial charge < -0.3 is 14.8 Å². The summed E-state index contributed by atoms with van der Waals surface area (Å²) in [5.41, 5.74) is 4.11. The summed E-state index contributed by atoms with van der Waals surface area (Å²) in [6.45, 7) is 4.10. The molecule has 1 heterocycles. The Morgan fingerprint density at radius 1 is 1.26 bits per heavy atom. The van der Waals surface area contributed by atoms with E-state index in [9.17, 15) is 14.4 Å². The molecule has 0 saturated heterocycles. The van der Waals surface area contributed by atoms with Gasteiger partial charge in [-0.1, -0.05) is 19.1 Å². The summed E-state index contributed by atoms with van der Waals surface area (Å²) in [7, 11) is 1.53. The zero-order chi connectivity index (χ0) is 22.4. The van der Waals surface area contributed by atoms with Crippen molar-refractivity contribution in [2.24, 2.45) is 11.0 Å². The molecule has 1 aromatic heterocycles. The lowest BCUT2D eigenvalue weighted by Crippen LogP contribution is -2.32. The fourth-order valence-corrected chi connectivity index (χ4v) is 4.80. The Hall–Kier alpha value is -3.20. The molecule has 2 amide bonds. The number of anilines is 1. The molecule has 1 aliphatic carbocycles. The Bertz CT molecular complexity index is 1010. The zero-order valence-corrected chi connectivity index (χ0v) is 18.5. The fraction of sp³-hybridized carbons (Fsp3) is 0.364. The molecule has 1 aromatic carbocycles. The predicted molar refractivity (Wildman–Crippen MR) is 119 cm³/mol. The number of methoxy groups -OCH3 is 1. The largest absolute Gasteiger partial charge is 0.496 e. The number of carbonyl (C=O) groups is 3. The van der Waals surface area contributed by atoms with Gasteiger partial charge in [-0.2, -0.15) is 5.10 Å². The number of thiophene rings is 1. The van der Waals surface area contributed by atoms with Gasteiger partial charge in [0.15, 0.2) is 0 Å². The Balaban J connectivity index is 1.72. The molecule has 1 aliphatic rings. The maximum Gasteiger partial charge on any atom is 0.341 e. The van der Waals surface area contributed by atoms with Crippen molar-refractivity contribution < 1.29 is 23.9 Å². The quantitative estimate of drug-likeness (QED) is 0.309. The third-order valence-corrected chi connectivity index (χ3v) is 6.10. The van der Waals surface area contributed by atoms with Crippen LogP contribution in [0.15, 0.2) is 29.4 Å². The second-order valence-electron chi connectivity index (χ2n) is 7.17. The highest BCUT2D eigenvalue weighted by molar-refractivity contribution is 7.17. The first-order chi connectivity index (χ1) is 14.9. The van der Waals surface area contributed by atoms with Crippen LogP contribution < -0.4 is 15.5 Å². The molecule has 164 valence electrons. The second kappa shape index (κ2) is 10.2. The summed E-state index contributed by atoms with van der Waals surface area (Å²) in [4.78, 5) is 38.2. The third kappa shape index (κ3) is 5.29. The molecule has 0 radical (unpaired) electrons. The molecular weight excluding hydrogens is 418 g/mol. The van der Waals surface area contributed by atoms with Crippen molar-refractivity contribution in [3.8, 4) is 5.75 Å². The van der Waals surface area contributed by atoms with Gasteiger partial charge in [-0.05, 0) is 49.8 Å². The first-order valence-corrected chi connectivity index (χ1v) is 10.8. The fourth-order valence-electron chi connectivity index (χ4n) is 3.40. The molecule has 1 unspecified atom stereocenters. The number of ether oxygens (including phenoxy) is 2. The van der Waals surface area contributed by atoms with E-state index in [4.69, 9.17) is 9.47 Å². The van der Waals surface area contributed by atoms with Crippen LogP contribution in [0.4, 0.5) is 5.00 Å². The van der Waals surface area contributed by atoms with Crippen molar-refractivity contribution in [2.45, 2.75) is 33.1 Å². The number of para-hydroxylation sites is 1. The third-order valence-electron chi connectivity index (χ3n) is 4.93. The summed E-state index contributed by atoms with van der Waals surface area (Å²) < 4.78 is 10.4. The number of hydrazone groups is 1. The van der Waals surface area contributed by atoms with Crippen LogP contribution in [0.2, 0.25) is 0 Å². The first kappa shape index (κ1) is 22.5. The number of rotatable bonds is 6. The lowest BCUT2D eigenvalue weighted by molar-refractivity contribution is -0.136. The number of benzene rings is 1. The Morgan fingerprint density at radius 3 is 2.77 bits per heavy atom. The zero-order valence-electron chi connectivity index (χ0n) is 17.7. The van der Waals surface area contributed by atoms with E-state index in [1.807, 2.05) is 6.07 Å². The standard InChI is InChI=1S/C22H25N3O5S/c1-4-30-22(28)18-15-10-9-13(2)11-17(15)31-21(18)24-19(26)20(27)25-23-12-14-7-5-6-8-16(14)29-3/h5-8,12-13H,4,9-11H2,1-3H3,(H,24,26)(H,25,27). The summed E-state index contributed by atoms with van der Waals surface area (Å²) in [6.07, 6.45) is 3.92. The lowest BCUT2D eigenvalue weighted by atomic mass is 9.88. The SMILES string of the molecule is CCOC(=O)c1c(NC(=O)C(=O)NN=Cc2ccccc2OC)sc2c1CCC(C)C2. The molecule has 8 nitrogen and oxygen atoms in total. The number of amides is 2.